The molecule has 0 aliphatic carbocycles. The number of ether oxygens (including phenoxy) is 1. The summed E-state index contributed by atoms with van der Waals surface area (Å²) < 4.78 is 74.6. The average molecular weight is 493 g/mol. The van der Waals surface area contributed by atoms with Gasteiger partial charge in [-0.15, -0.1) is 0 Å². The molecule has 0 saturated carbocycles. The van der Waals surface area contributed by atoms with Crippen LogP contribution in [0.4, 0.5) is 33.7 Å². The van der Waals surface area contributed by atoms with Gasteiger partial charge in [0.15, 0.2) is 6.19 Å². The average Bonchev–Trinajstić information content (AvgIpc) is 2.70. The van der Waals surface area contributed by atoms with E-state index in [0.717, 1.165) is 24.0 Å². The van der Waals surface area contributed by atoms with Crippen LogP contribution in [0.25, 0.3) is 11.1 Å². The fourth-order valence-electron chi connectivity index (χ4n) is 2.67. The first-order chi connectivity index (χ1) is 15.3. The third kappa shape index (κ3) is 6.79. The Morgan fingerprint density at radius 1 is 1.15 bits per heavy atom. The number of hydrogen-bond donors (Lipinski definition) is 1. The molecule has 0 amide bonds. The number of nitrogens with one attached hydrogen (secondary N) is 1. The molecule has 7 nitrogen and oxygen atoms in total. The van der Waals surface area contributed by atoms with E-state index in [1.165, 1.54) is 7.05 Å². The van der Waals surface area contributed by atoms with Crippen molar-refractivity contribution in [2.45, 2.75) is 25.6 Å². The second-order valence-corrected chi connectivity index (χ2v) is 7.73. The standard InChI is InChI=1S/C20H22ClF5N6O/c1-11(20(24,25)26)28-18-16(17(21)29-19(30-18)32(4)10-27)15-13(22)8-12(9-14(15)23)33-7-5-6-31(2)3/h8-9,11H,5-7H2,1-4H3,(H,28,29,30). The normalized spacial score (nSPS) is 12.4. The molecule has 0 bridgehead atoms. The summed E-state index contributed by atoms with van der Waals surface area (Å²) in [5.41, 5.74) is -1.25. The third-order valence-corrected chi connectivity index (χ3v) is 4.70. The molecule has 0 fully saturated rings. The highest BCUT2D eigenvalue weighted by atomic mass is 35.5. The van der Waals surface area contributed by atoms with Crippen molar-refractivity contribution >= 4 is 23.4 Å². The number of benzene rings is 1. The number of hydrogen-bond acceptors (Lipinski definition) is 7. The summed E-state index contributed by atoms with van der Waals surface area (Å²) in [6.07, 6.45) is -2.42. The Hall–Kier alpha value is -2.91. The van der Waals surface area contributed by atoms with Gasteiger partial charge in [-0.3, -0.25) is 4.90 Å². The molecule has 0 aliphatic rings. The zero-order valence-corrected chi connectivity index (χ0v) is 19.0. The van der Waals surface area contributed by atoms with Gasteiger partial charge in [0.05, 0.1) is 17.7 Å². The molecule has 2 aromatic rings. The van der Waals surface area contributed by atoms with Crippen LogP contribution in [0.3, 0.4) is 0 Å². The minimum Gasteiger partial charge on any atom is -0.493 e. The van der Waals surface area contributed by atoms with Gasteiger partial charge < -0.3 is 15.0 Å². The van der Waals surface area contributed by atoms with Crippen LogP contribution >= 0.6 is 11.6 Å². The monoisotopic (exact) mass is 492 g/mol. The van der Waals surface area contributed by atoms with Crippen molar-refractivity contribution in [2.75, 3.05) is 44.5 Å². The van der Waals surface area contributed by atoms with Crippen LogP contribution in [0.2, 0.25) is 5.15 Å². The second-order valence-electron chi connectivity index (χ2n) is 7.37. The highest BCUT2D eigenvalue weighted by Gasteiger charge is 2.37. The Morgan fingerprint density at radius 2 is 1.76 bits per heavy atom. The Morgan fingerprint density at radius 3 is 2.27 bits per heavy atom. The van der Waals surface area contributed by atoms with Crippen LogP contribution in [-0.4, -0.2) is 61.4 Å². The molecule has 1 aromatic carbocycles. The van der Waals surface area contributed by atoms with Crippen LogP contribution in [0, 0.1) is 23.1 Å². The number of aromatic nitrogens is 2. The smallest absolute Gasteiger partial charge is 0.408 e. The zero-order valence-electron chi connectivity index (χ0n) is 18.3. The lowest BCUT2D eigenvalue weighted by Crippen LogP contribution is -2.34. The van der Waals surface area contributed by atoms with E-state index in [2.05, 4.69) is 15.3 Å². The van der Waals surface area contributed by atoms with E-state index >= 15 is 0 Å². The molecule has 1 unspecified atom stereocenters. The highest BCUT2D eigenvalue weighted by Crippen LogP contribution is 2.39. The van der Waals surface area contributed by atoms with Crippen molar-refractivity contribution in [1.82, 2.24) is 14.9 Å². The van der Waals surface area contributed by atoms with Crippen molar-refractivity contribution in [3.05, 3.63) is 28.9 Å². The third-order valence-electron chi connectivity index (χ3n) is 4.43. The molecule has 0 radical (unpaired) electrons. The molecule has 0 spiro atoms. The Labute approximate surface area is 192 Å². The van der Waals surface area contributed by atoms with Crippen LogP contribution in [0.1, 0.15) is 13.3 Å². The van der Waals surface area contributed by atoms with Gasteiger partial charge in [0.25, 0.3) is 0 Å². The topological polar surface area (TPSA) is 77.3 Å². The SMILES string of the molecule is CC(Nc1nc(N(C)C#N)nc(Cl)c1-c1c(F)cc(OCCCN(C)C)cc1F)C(F)(F)F. The summed E-state index contributed by atoms with van der Waals surface area (Å²) >= 11 is 6.11. The van der Waals surface area contributed by atoms with E-state index in [-0.39, 0.29) is 18.3 Å². The lowest BCUT2D eigenvalue weighted by atomic mass is 10.1. The largest absolute Gasteiger partial charge is 0.493 e. The Kier molecular flexibility index (Phi) is 8.63. The molecule has 1 aromatic heterocycles. The minimum absolute atomic E-state index is 0.0939. The Bertz CT molecular complexity index is 1000. The summed E-state index contributed by atoms with van der Waals surface area (Å²) in [5.74, 6) is -3.30. The van der Waals surface area contributed by atoms with Crippen molar-refractivity contribution in [3.8, 4) is 23.1 Å². The van der Waals surface area contributed by atoms with Crippen molar-refractivity contribution < 1.29 is 26.7 Å². The van der Waals surface area contributed by atoms with Crippen molar-refractivity contribution in [3.63, 3.8) is 0 Å². The zero-order chi connectivity index (χ0) is 24.9. The lowest BCUT2D eigenvalue weighted by molar-refractivity contribution is -0.138. The number of nitrogens with zero attached hydrogens (tertiary/aromatic N) is 5. The molecule has 13 heteroatoms. The molecule has 1 atom stereocenters. The van der Waals surface area contributed by atoms with E-state index in [9.17, 15) is 22.0 Å². The molecular weight excluding hydrogens is 471 g/mol. The fourth-order valence-corrected chi connectivity index (χ4v) is 2.93. The quantitative estimate of drug-likeness (QED) is 0.179. The van der Waals surface area contributed by atoms with E-state index in [1.54, 1.807) is 6.19 Å². The number of halogens is 6. The van der Waals surface area contributed by atoms with Crippen molar-refractivity contribution in [2.24, 2.45) is 0 Å². The van der Waals surface area contributed by atoms with Crippen molar-refractivity contribution in [1.29, 1.82) is 5.26 Å². The minimum atomic E-state index is -4.70. The van der Waals surface area contributed by atoms with Gasteiger partial charge in [-0.05, 0) is 27.4 Å². The van der Waals surface area contributed by atoms with Crippen LogP contribution in [0.5, 0.6) is 5.75 Å². The van der Waals surface area contributed by atoms with Gasteiger partial charge in [-0.2, -0.15) is 28.4 Å². The van der Waals surface area contributed by atoms with Gasteiger partial charge in [-0.25, -0.2) is 8.78 Å². The predicted octanol–water partition coefficient (Wildman–Crippen LogP) is 4.69. The number of rotatable bonds is 9. The van der Waals surface area contributed by atoms with Crippen LogP contribution < -0.4 is 15.0 Å². The molecular formula is C20H22ClF5N6O. The van der Waals surface area contributed by atoms with Gasteiger partial charge in [0, 0.05) is 25.7 Å². The molecule has 0 saturated heterocycles. The highest BCUT2D eigenvalue weighted by molar-refractivity contribution is 6.32. The summed E-state index contributed by atoms with van der Waals surface area (Å²) in [7, 11) is 4.97. The van der Waals surface area contributed by atoms with Gasteiger partial charge in [0.1, 0.15) is 34.4 Å². The number of nitriles is 1. The maximum atomic E-state index is 14.9. The van der Waals surface area contributed by atoms with E-state index in [1.807, 2.05) is 19.0 Å². The lowest BCUT2D eigenvalue weighted by Gasteiger charge is -2.22. The fraction of sp³-hybridized carbons (Fsp3) is 0.450. The van der Waals surface area contributed by atoms with E-state index < -0.39 is 46.0 Å². The second kappa shape index (κ2) is 10.8. The van der Waals surface area contributed by atoms with Crippen LogP contribution in [-0.2, 0) is 0 Å². The Balaban J connectivity index is 2.52. The summed E-state index contributed by atoms with van der Waals surface area (Å²) in [4.78, 5) is 10.4. The van der Waals surface area contributed by atoms with E-state index in [4.69, 9.17) is 21.6 Å². The van der Waals surface area contributed by atoms with Gasteiger partial charge >= 0.3 is 6.18 Å². The number of anilines is 2. The summed E-state index contributed by atoms with van der Waals surface area (Å²) in [5, 5.41) is 10.5. The molecule has 33 heavy (non-hydrogen) atoms. The molecule has 180 valence electrons. The van der Waals surface area contributed by atoms with Gasteiger partial charge in [-0.1, -0.05) is 11.6 Å². The summed E-state index contributed by atoms with van der Waals surface area (Å²) in [6, 6.07) is -0.347. The van der Waals surface area contributed by atoms with Gasteiger partial charge in [0.2, 0.25) is 5.95 Å². The first-order valence-electron chi connectivity index (χ1n) is 9.66. The van der Waals surface area contributed by atoms with Crippen LogP contribution in [0.15, 0.2) is 12.1 Å². The maximum absolute atomic E-state index is 14.9. The molecule has 2 rings (SSSR count). The molecule has 0 aliphatic heterocycles. The maximum Gasteiger partial charge on any atom is 0.408 e. The number of alkyl halides is 3. The summed E-state index contributed by atoms with van der Waals surface area (Å²) in [6.45, 7) is 1.70. The predicted molar refractivity (Wildman–Crippen MR) is 114 cm³/mol. The first kappa shape index (κ1) is 26.3. The molecule has 1 heterocycles. The first-order valence-corrected chi connectivity index (χ1v) is 10.0. The molecule has 1 N–H and O–H groups in total. The van der Waals surface area contributed by atoms with E-state index in [0.29, 0.717) is 13.0 Å².